The average Bonchev–Trinajstić information content (AvgIpc) is 2.33. The van der Waals surface area contributed by atoms with Crippen LogP contribution < -0.4 is 5.56 Å². The topological polar surface area (TPSA) is 45.8 Å². The van der Waals surface area contributed by atoms with Crippen LogP contribution in [-0.2, 0) is 0 Å². The molecule has 1 aliphatic rings. The predicted octanol–water partition coefficient (Wildman–Crippen LogP) is 3.57. The zero-order valence-electron chi connectivity index (χ0n) is 10.7. The Morgan fingerprint density at radius 3 is 2.67 bits per heavy atom. The molecule has 0 saturated carbocycles. The van der Waals surface area contributed by atoms with Gasteiger partial charge in [-0.2, -0.15) is 11.8 Å². The van der Waals surface area contributed by atoms with Crippen molar-refractivity contribution in [3.63, 3.8) is 0 Å². The molecule has 1 saturated heterocycles. The van der Waals surface area contributed by atoms with E-state index in [1.54, 1.807) is 0 Å². The van der Waals surface area contributed by atoms with Gasteiger partial charge < -0.3 is 4.98 Å². The summed E-state index contributed by atoms with van der Waals surface area (Å²) in [6.07, 6.45) is 0. The average molecular weight is 349 g/mol. The van der Waals surface area contributed by atoms with E-state index < -0.39 is 0 Å². The summed E-state index contributed by atoms with van der Waals surface area (Å²) >= 11 is 7.18. The smallest absolute Gasteiger partial charge is 0.265 e. The molecule has 6 heteroatoms. The number of aromatic nitrogens is 2. The number of hydrogen-bond donors (Lipinski definition) is 1. The first-order valence-corrected chi connectivity index (χ1v) is 8.92. The normalized spacial score (nSPS) is 24.5. The number of H-pyrrole nitrogens is 1. The van der Waals surface area contributed by atoms with E-state index in [1.807, 2.05) is 23.5 Å². The summed E-state index contributed by atoms with van der Waals surface area (Å²) in [4.78, 5) is 19.5. The number of halogens is 1. The molecule has 2 rings (SSSR count). The van der Waals surface area contributed by atoms with Gasteiger partial charge in [-0.3, -0.25) is 4.79 Å². The van der Waals surface area contributed by atoms with Crippen LogP contribution in [0.4, 0.5) is 0 Å². The summed E-state index contributed by atoms with van der Waals surface area (Å²) in [7, 11) is 0. The molecule has 0 aromatic carbocycles. The number of thioether (sulfide) groups is 2. The van der Waals surface area contributed by atoms with E-state index in [-0.39, 0.29) is 11.5 Å². The zero-order valence-corrected chi connectivity index (χ0v) is 13.9. The highest BCUT2D eigenvalue weighted by Crippen LogP contribution is 2.41. The molecule has 1 aliphatic heterocycles. The molecular formula is C12H17BrN2OS2. The Labute approximate surface area is 124 Å². The highest BCUT2D eigenvalue weighted by molar-refractivity contribution is 9.10. The third-order valence-corrected chi connectivity index (χ3v) is 6.78. The maximum atomic E-state index is 12.0. The maximum absolute atomic E-state index is 12.0. The van der Waals surface area contributed by atoms with E-state index >= 15 is 0 Å². The summed E-state index contributed by atoms with van der Waals surface area (Å²) in [5.41, 5.74) is 0.796. The van der Waals surface area contributed by atoms with E-state index in [0.717, 1.165) is 17.3 Å². The Hall–Kier alpha value is 0.0600. The van der Waals surface area contributed by atoms with Gasteiger partial charge >= 0.3 is 0 Å². The molecule has 2 unspecified atom stereocenters. The minimum atomic E-state index is -0.0629. The van der Waals surface area contributed by atoms with Gasteiger partial charge in [0.15, 0.2) is 0 Å². The summed E-state index contributed by atoms with van der Waals surface area (Å²) in [5.74, 6) is 3.38. The molecular weight excluding hydrogens is 332 g/mol. The zero-order chi connectivity index (χ0) is 13.3. The molecule has 1 aromatic rings. The quantitative estimate of drug-likeness (QED) is 0.887. The standard InChI is InChI=1S/C12H17BrN2OS2/c1-6(2)9-8(13)12(16)15-11(14-9)10-7(3)17-4-5-18-10/h6-7,10H,4-5H2,1-3H3,(H,14,15,16). The molecule has 2 atom stereocenters. The van der Waals surface area contributed by atoms with Gasteiger partial charge in [-0.1, -0.05) is 20.8 Å². The van der Waals surface area contributed by atoms with Gasteiger partial charge in [-0.15, -0.1) is 11.8 Å². The molecule has 0 spiro atoms. The fourth-order valence-corrected chi connectivity index (χ4v) is 5.30. The van der Waals surface area contributed by atoms with E-state index in [0.29, 0.717) is 15.0 Å². The lowest BCUT2D eigenvalue weighted by Gasteiger charge is -2.27. The van der Waals surface area contributed by atoms with Crippen LogP contribution in [0.3, 0.4) is 0 Å². The van der Waals surface area contributed by atoms with Crippen LogP contribution >= 0.6 is 39.5 Å². The first kappa shape index (κ1) is 14.5. The van der Waals surface area contributed by atoms with Crippen molar-refractivity contribution in [3.8, 4) is 0 Å². The second kappa shape index (κ2) is 6.01. The number of nitrogens with zero attached hydrogens (tertiary/aromatic N) is 1. The Bertz CT molecular complexity index is 489. The minimum absolute atomic E-state index is 0.0629. The molecule has 1 aromatic heterocycles. The van der Waals surface area contributed by atoms with Gasteiger partial charge in [0.1, 0.15) is 10.3 Å². The van der Waals surface area contributed by atoms with Crippen molar-refractivity contribution in [2.45, 2.75) is 37.2 Å². The second-order valence-electron chi connectivity index (χ2n) is 4.67. The molecule has 0 bridgehead atoms. The van der Waals surface area contributed by atoms with Crippen molar-refractivity contribution >= 4 is 39.5 Å². The van der Waals surface area contributed by atoms with Gasteiger partial charge in [0.25, 0.3) is 5.56 Å². The van der Waals surface area contributed by atoms with Crippen LogP contribution in [0.2, 0.25) is 0 Å². The van der Waals surface area contributed by atoms with Crippen LogP contribution in [0.15, 0.2) is 9.27 Å². The van der Waals surface area contributed by atoms with Gasteiger partial charge in [0.2, 0.25) is 0 Å². The number of rotatable bonds is 2. The Balaban J connectivity index is 2.42. The maximum Gasteiger partial charge on any atom is 0.265 e. The van der Waals surface area contributed by atoms with Crippen molar-refractivity contribution in [1.82, 2.24) is 9.97 Å². The molecule has 18 heavy (non-hydrogen) atoms. The van der Waals surface area contributed by atoms with Gasteiger partial charge in [-0.25, -0.2) is 4.98 Å². The Morgan fingerprint density at radius 1 is 1.39 bits per heavy atom. The highest BCUT2D eigenvalue weighted by Gasteiger charge is 2.27. The van der Waals surface area contributed by atoms with Crippen LogP contribution in [-0.4, -0.2) is 26.7 Å². The lowest BCUT2D eigenvalue weighted by atomic mass is 10.1. The van der Waals surface area contributed by atoms with Crippen LogP contribution in [0.5, 0.6) is 0 Å². The van der Waals surface area contributed by atoms with Crippen LogP contribution in [0.25, 0.3) is 0 Å². The molecule has 0 radical (unpaired) electrons. The first-order chi connectivity index (χ1) is 8.50. The van der Waals surface area contributed by atoms with E-state index in [4.69, 9.17) is 0 Å². The third kappa shape index (κ3) is 2.96. The molecule has 3 nitrogen and oxygen atoms in total. The fraction of sp³-hybridized carbons (Fsp3) is 0.667. The third-order valence-electron chi connectivity index (χ3n) is 2.91. The summed E-state index contributed by atoms with van der Waals surface area (Å²) in [5, 5.41) is 0.787. The van der Waals surface area contributed by atoms with Crippen molar-refractivity contribution < 1.29 is 0 Å². The second-order valence-corrected chi connectivity index (χ2v) is 8.20. The van der Waals surface area contributed by atoms with Crippen molar-refractivity contribution in [2.24, 2.45) is 0 Å². The number of nitrogens with one attached hydrogen (secondary N) is 1. The minimum Gasteiger partial charge on any atom is -0.309 e. The summed E-state index contributed by atoms with van der Waals surface area (Å²) in [6.45, 7) is 6.32. The fourth-order valence-electron chi connectivity index (χ4n) is 1.94. The number of aromatic amines is 1. The summed E-state index contributed by atoms with van der Waals surface area (Å²) < 4.78 is 0.572. The lowest BCUT2D eigenvalue weighted by Crippen LogP contribution is -2.23. The lowest BCUT2D eigenvalue weighted by molar-refractivity contribution is 0.744. The summed E-state index contributed by atoms with van der Waals surface area (Å²) in [6, 6.07) is 0. The number of hydrogen-bond acceptors (Lipinski definition) is 4. The highest BCUT2D eigenvalue weighted by atomic mass is 79.9. The van der Waals surface area contributed by atoms with E-state index in [9.17, 15) is 4.79 Å². The van der Waals surface area contributed by atoms with Gasteiger partial charge in [-0.05, 0) is 21.8 Å². The van der Waals surface area contributed by atoms with Crippen molar-refractivity contribution in [2.75, 3.05) is 11.5 Å². The van der Waals surface area contributed by atoms with Crippen LogP contribution in [0.1, 0.15) is 43.5 Å². The Morgan fingerprint density at radius 2 is 2.06 bits per heavy atom. The van der Waals surface area contributed by atoms with Gasteiger partial charge in [0, 0.05) is 16.8 Å². The van der Waals surface area contributed by atoms with Crippen LogP contribution in [0, 0.1) is 0 Å². The largest absolute Gasteiger partial charge is 0.309 e. The Kier molecular flexibility index (Phi) is 4.83. The molecule has 1 fully saturated rings. The first-order valence-electron chi connectivity index (χ1n) is 6.03. The van der Waals surface area contributed by atoms with Crippen molar-refractivity contribution in [1.29, 1.82) is 0 Å². The van der Waals surface area contributed by atoms with E-state index in [2.05, 4.69) is 46.7 Å². The molecule has 0 amide bonds. The molecule has 100 valence electrons. The SMILES string of the molecule is CC(C)c1nc(C2SCCSC2C)[nH]c(=O)c1Br. The van der Waals surface area contributed by atoms with Gasteiger partial charge in [0.05, 0.1) is 10.9 Å². The molecule has 0 aliphatic carbocycles. The van der Waals surface area contributed by atoms with Crippen molar-refractivity contribution in [3.05, 3.63) is 26.3 Å². The predicted molar refractivity (Wildman–Crippen MR) is 83.8 cm³/mol. The van der Waals surface area contributed by atoms with E-state index in [1.165, 1.54) is 5.75 Å². The molecule has 1 N–H and O–H groups in total. The monoisotopic (exact) mass is 348 g/mol. The molecule has 2 heterocycles.